The maximum atomic E-state index is 12.9. The third-order valence-corrected chi connectivity index (χ3v) is 5.95. The highest BCUT2D eigenvalue weighted by atomic mass is 32.2. The summed E-state index contributed by atoms with van der Waals surface area (Å²) in [6.07, 6.45) is 2.31. The average molecular weight is 335 g/mol. The number of H-pyrrole nitrogens is 1. The van der Waals surface area contributed by atoms with Crippen molar-refractivity contribution < 1.29 is 18.3 Å². The number of hydrogen-bond donors (Lipinski definition) is 2. The molecular weight excluding hydrogens is 318 g/mol. The van der Waals surface area contributed by atoms with E-state index in [4.69, 9.17) is 0 Å². The van der Waals surface area contributed by atoms with Crippen molar-refractivity contribution in [2.45, 2.75) is 37.2 Å². The summed E-state index contributed by atoms with van der Waals surface area (Å²) in [7, 11) is -3.90. The molecule has 122 valence electrons. The number of carbonyl (C=O) groups is 1. The van der Waals surface area contributed by atoms with Gasteiger partial charge in [0.1, 0.15) is 6.04 Å². The van der Waals surface area contributed by atoms with E-state index in [1.807, 2.05) is 6.92 Å². The van der Waals surface area contributed by atoms with Crippen molar-refractivity contribution in [3.8, 4) is 0 Å². The first-order valence-electron chi connectivity index (χ1n) is 7.28. The summed E-state index contributed by atoms with van der Waals surface area (Å²) in [4.78, 5) is 18.6. The normalized spacial score (nSPS) is 18.6. The van der Waals surface area contributed by atoms with E-state index >= 15 is 0 Å². The third-order valence-electron chi connectivity index (χ3n) is 4.08. The summed E-state index contributed by atoms with van der Waals surface area (Å²) in [6, 6.07) is 5.38. The highest BCUT2D eigenvalue weighted by Crippen LogP contribution is 2.27. The molecule has 8 heteroatoms. The Kier molecular flexibility index (Phi) is 3.95. The first-order valence-corrected chi connectivity index (χ1v) is 8.72. The second-order valence-electron chi connectivity index (χ2n) is 5.43. The van der Waals surface area contributed by atoms with Gasteiger partial charge >= 0.3 is 5.97 Å². The molecule has 0 radical (unpaired) electrons. The Hall–Kier alpha value is -2.19. The fraction of sp³-hybridized carbons (Fsp3) is 0.333. The number of nitrogens with one attached hydrogen (secondary N) is 1. The van der Waals surface area contributed by atoms with Gasteiger partial charge in [-0.2, -0.15) is 4.31 Å². The van der Waals surface area contributed by atoms with Crippen LogP contribution in [0.5, 0.6) is 0 Å². The zero-order valence-electron chi connectivity index (χ0n) is 12.6. The van der Waals surface area contributed by atoms with Gasteiger partial charge in [0.05, 0.1) is 29.2 Å². The predicted molar refractivity (Wildman–Crippen MR) is 82.3 cm³/mol. The Morgan fingerprint density at radius 1 is 1.39 bits per heavy atom. The average Bonchev–Trinajstić information content (AvgIpc) is 3.01. The molecule has 0 bridgehead atoms. The number of hydrogen-bond acceptors (Lipinski definition) is 4. The molecule has 3 rings (SSSR count). The van der Waals surface area contributed by atoms with Crippen LogP contribution < -0.4 is 0 Å². The number of fused-ring (bicyclic) bond motifs is 1. The molecule has 0 spiro atoms. The van der Waals surface area contributed by atoms with E-state index < -0.39 is 22.0 Å². The summed E-state index contributed by atoms with van der Waals surface area (Å²) in [6.45, 7) is 1.96. The molecule has 0 amide bonds. The van der Waals surface area contributed by atoms with E-state index in [1.165, 1.54) is 18.5 Å². The Labute approximate surface area is 134 Å². The summed E-state index contributed by atoms with van der Waals surface area (Å²) in [5.41, 5.74) is 2.26. The molecule has 0 fully saturated rings. The third kappa shape index (κ3) is 2.75. The zero-order chi connectivity index (χ0) is 16.6. The highest BCUT2D eigenvalue weighted by molar-refractivity contribution is 7.89. The molecule has 1 aromatic carbocycles. The van der Waals surface area contributed by atoms with E-state index in [9.17, 15) is 18.3 Å². The number of aromatic nitrogens is 2. The number of sulfonamides is 1. The van der Waals surface area contributed by atoms with Gasteiger partial charge in [0.2, 0.25) is 10.0 Å². The number of aliphatic carboxylic acids is 1. The molecule has 2 aromatic rings. The van der Waals surface area contributed by atoms with Gasteiger partial charge in [-0.15, -0.1) is 0 Å². The van der Waals surface area contributed by atoms with Crippen molar-refractivity contribution in [2.75, 3.05) is 0 Å². The van der Waals surface area contributed by atoms with Crippen LogP contribution >= 0.6 is 0 Å². The van der Waals surface area contributed by atoms with E-state index in [1.54, 1.807) is 12.1 Å². The molecule has 0 saturated heterocycles. The van der Waals surface area contributed by atoms with Crippen LogP contribution in [0.25, 0.3) is 0 Å². The lowest BCUT2D eigenvalue weighted by Crippen LogP contribution is -2.48. The number of benzene rings is 1. The Morgan fingerprint density at radius 2 is 2.09 bits per heavy atom. The van der Waals surface area contributed by atoms with Crippen LogP contribution in [0.1, 0.15) is 23.9 Å². The van der Waals surface area contributed by atoms with Gasteiger partial charge in [-0.3, -0.25) is 4.79 Å². The number of nitrogens with zero attached hydrogens (tertiary/aromatic N) is 2. The largest absolute Gasteiger partial charge is 0.480 e. The van der Waals surface area contributed by atoms with Gasteiger partial charge in [0.25, 0.3) is 0 Å². The monoisotopic (exact) mass is 335 g/mol. The van der Waals surface area contributed by atoms with Crippen molar-refractivity contribution >= 4 is 16.0 Å². The minimum absolute atomic E-state index is 0.0236. The van der Waals surface area contributed by atoms with Crippen LogP contribution in [0, 0.1) is 0 Å². The molecule has 0 aliphatic carbocycles. The van der Waals surface area contributed by atoms with Crippen LogP contribution in [-0.2, 0) is 34.2 Å². The van der Waals surface area contributed by atoms with Crippen molar-refractivity contribution in [1.29, 1.82) is 0 Å². The fourth-order valence-electron chi connectivity index (χ4n) is 2.71. The van der Waals surface area contributed by atoms with E-state index in [0.717, 1.165) is 16.3 Å². The number of imidazole rings is 1. The summed E-state index contributed by atoms with van der Waals surface area (Å²) in [5.74, 6) is -1.17. The smallest absolute Gasteiger partial charge is 0.322 e. The maximum Gasteiger partial charge on any atom is 0.322 e. The van der Waals surface area contributed by atoms with E-state index in [-0.39, 0.29) is 17.9 Å². The molecule has 0 saturated carbocycles. The van der Waals surface area contributed by atoms with Crippen LogP contribution in [0.15, 0.2) is 35.5 Å². The number of aromatic amines is 1. The fourth-order valence-corrected chi connectivity index (χ4v) is 4.26. The Morgan fingerprint density at radius 3 is 2.70 bits per heavy atom. The molecule has 7 nitrogen and oxygen atoms in total. The van der Waals surface area contributed by atoms with Crippen molar-refractivity contribution in [1.82, 2.24) is 14.3 Å². The van der Waals surface area contributed by atoms with Crippen molar-refractivity contribution in [2.24, 2.45) is 0 Å². The van der Waals surface area contributed by atoms with Crippen molar-refractivity contribution in [3.63, 3.8) is 0 Å². The Bertz CT molecular complexity index is 827. The molecule has 1 atom stereocenters. The molecule has 2 heterocycles. The van der Waals surface area contributed by atoms with Gasteiger partial charge < -0.3 is 10.1 Å². The standard InChI is InChI=1S/C15H17N3O4S/c1-2-10-3-5-11(6-4-10)23(21,22)18-8-13-12(16-9-17-13)7-14(18)15(19)20/h3-6,9,14H,2,7-8H2,1H3,(H,16,17)(H,19,20). The molecule has 1 aliphatic heterocycles. The van der Waals surface area contributed by atoms with E-state index in [2.05, 4.69) is 9.97 Å². The summed E-state index contributed by atoms with van der Waals surface area (Å²) < 4.78 is 26.7. The molecule has 1 aliphatic rings. The van der Waals surface area contributed by atoms with Gasteiger partial charge in [-0.1, -0.05) is 19.1 Å². The summed E-state index contributed by atoms with van der Waals surface area (Å²) in [5, 5.41) is 9.42. The number of rotatable bonds is 4. The number of carboxylic acid groups (broad SMARTS) is 1. The zero-order valence-corrected chi connectivity index (χ0v) is 13.4. The molecule has 1 aromatic heterocycles. The van der Waals surface area contributed by atoms with Gasteiger partial charge in [-0.05, 0) is 24.1 Å². The van der Waals surface area contributed by atoms with Crippen LogP contribution in [0.4, 0.5) is 0 Å². The van der Waals surface area contributed by atoms with E-state index in [0.29, 0.717) is 11.4 Å². The lowest BCUT2D eigenvalue weighted by Gasteiger charge is -2.31. The van der Waals surface area contributed by atoms with Gasteiger partial charge in [-0.25, -0.2) is 13.4 Å². The minimum Gasteiger partial charge on any atom is -0.480 e. The molecular formula is C15H17N3O4S. The molecule has 2 N–H and O–H groups in total. The SMILES string of the molecule is CCc1ccc(S(=O)(=O)N2Cc3[nH]cnc3CC2C(=O)O)cc1. The van der Waals surface area contributed by atoms with Crippen LogP contribution in [-0.4, -0.2) is 39.8 Å². The lowest BCUT2D eigenvalue weighted by molar-refractivity contribution is -0.141. The predicted octanol–water partition coefficient (Wildman–Crippen LogP) is 1.17. The highest BCUT2D eigenvalue weighted by Gasteiger charge is 2.40. The number of aryl methyl sites for hydroxylation is 1. The lowest BCUT2D eigenvalue weighted by atomic mass is 10.1. The first kappa shape index (κ1) is 15.7. The van der Waals surface area contributed by atoms with Gasteiger partial charge in [0, 0.05) is 6.42 Å². The van der Waals surface area contributed by atoms with Gasteiger partial charge in [0.15, 0.2) is 0 Å². The molecule has 23 heavy (non-hydrogen) atoms. The number of carboxylic acids is 1. The second-order valence-corrected chi connectivity index (χ2v) is 7.32. The van der Waals surface area contributed by atoms with Crippen LogP contribution in [0.2, 0.25) is 0 Å². The maximum absolute atomic E-state index is 12.9. The quantitative estimate of drug-likeness (QED) is 0.873. The van der Waals surface area contributed by atoms with Crippen molar-refractivity contribution in [3.05, 3.63) is 47.5 Å². The topological polar surface area (TPSA) is 103 Å². The van der Waals surface area contributed by atoms with Crippen LogP contribution in [0.3, 0.4) is 0 Å². The second kappa shape index (κ2) is 5.78. The molecule has 1 unspecified atom stereocenters. The summed E-state index contributed by atoms with van der Waals surface area (Å²) >= 11 is 0. The minimum atomic E-state index is -3.90. The Balaban J connectivity index is 2.01. The first-order chi connectivity index (χ1) is 10.9.